The Hall–Kier alpha value is -2.83. The highest BCUT2D eigenvalue weighted by molar-refractivity contribution is 6.02. The SMILES string of the molecule is COc1ccc(NC(=O)c2cc(=O)c(OC)co2)cn1. The molecule has 0 fully saturated rings. The van der Waals surface area contributed by atoms with Gasteiger partial charge in [0, 0.05) is 12.1 Å². The van der Waals surface area contributed by atoms with Gasteiger partial charge in [-0.3, -0.25) is 9.59 Å². The van der Waals surface area contributed by atoms with Crippen LogP contribution in [0.25, 0.3) is 0 Å². The van der Waals surface area contributed by atoms with E-state index in [4.69, 9.17) is 13.9 Å². The molecule has 0 bridgehead atoms. The second-order valence-corrected chi connectivity index (χ2v) is 3.72. The third-order valence-corrected chi connectivity index (χ3v) is 2.45. The minimum absolute atomic E-state index is 0.0349. The zero-order chi connectivity index (χ0) is 14.5. The molecule has 0 aliphatic carbocycles. The molecule has 20 heavy (non-hydrogen) atoms. The molecule has 0 spiro atoms. The summed E-state index contributed by atoms with van der Waals surface area (Å²) in [4.78, 5) is 27.3. The first-order chi connectivity index (χ1) is 9.63. The van der Waals surface area contributed by atoms with Crippen LogP contribution in [0.3, 0.4) is 0 Å². The molecule has 0 saturated carbocycles. The van der Waals surface area contributed by atoms with E-state index in [1.54, 1.807) is 12.1 Å². The van der Waals surface area contributed by atoms with E-state index in [9.17, 15) is 9.59 Å². The smallest absolute Gasteiger partial charge is 0.291 e. The summed E-state index contributed by atoms with van der Waals surface area (Å²) < 4.78 is 14.7. The predicted molar refractivity (Wildman–Crippen MR) is 70.3 cm³/mol. The summed E-state index contributed by atoms with van der Waals surface area (Å²) in [7, 11) is 2.83. The van der Waals surface area contributed by atoms with E-state index in [0.717, 1.165) is 12.3 Å². The van der Waals surface area contributed by atoms with Crippen molar-refractivity contribution in [3.8, 4) is 11.6 Å². The number of amides is 1. The van der Waals surface area contributed by atoms with Gasteiger partial charge in [0.1, 0.15) is 6.26 Å². The fourth-order valence-electron chi connectivity index (χ4n) is 1.43. The molecule has 0 atom stereocenters. The van der Waals surface area contributed by atoms with Gasteiger partial charge in [-0.2, -0.15) is 0 Å². The summed E-state index contributed by atoms with van der Waals surface area (Å²) in [5, 5.41) is 2.54. The van der Waals surface area contributed by atoms with Crippen LogP contribution < -0.4 is 20.2 Å². The lowest BCUT2D eigenvalue weighted by Crippen LogP contribution is -2.15. The summed E-state index contributed by atoms with van der Waals surface area (Å²) in [6, 6.07) is 4.27. The quantitative estimate of drug-likeness (QED) is 0.905. The molecule has 0 aliphatic heterocycles. The van der Waals surface area contributed by atoms with E-state index in [1.165, 1.54) is 20.4 Å². The molecule has 0 aliphatic rings. The first-order valence-electron chi connectivity index (χ1n) is 5.62. The third kappa shape index (κ3) is 2.94. The lowest BCUT2D eigenvalue weighted by atomic mass is 10.3. The summed E-state index contributed by atoms with van der Waals surface area (Å²) >= 11 is 0. The predicted octanol–water partition coefficient (Wildman–Crippen LogP) is 1.30. The van der Waals surface area contributed by atoms with Crippen molar-refractivity contribution in [2.24, 2.45) is 0 Å². The topological polar surface area (TPSA) is 90.7 Å². The van der Waals surface area contributed by atoms with Gasteiger partial charge in [0.15, 0.2) is 5.76 Å². The fourth-order valence-corrected chi connectivity index (χ4v) is 1.43. The highest BCUT2D eigenvalue weighted by Crippen LogP contribution is 2.12. The Morgan fingerprint density at radius 1 is 1.30 bits per heavy atom. The van der Waals surface area contributed by atoms with Crippen molar-refractivity contribution >= 4 is 11.6 Å². The molecule has 2 aromatic heterocycles. The fraction of sp³-hybridized carbons (Fsp3) is 0.154. The van der Waals surface area contributed by atoms with Gasteiger partial charge < -0.3 is 19.2 Å². The summed E-state index contributed by atoms with van der Waals surface area (Å²) in [5.41, 5.74) is 0.0195. The maximum atomic E-state index is 11.9. The minimum Gasteiger partial charge on any atom is -0.490 e. The average Bonchev–Trinajstić information content (AvgIpc) is 2.48. The number of aromatic nitrogens is 1. The van der Waals surface area contributed by atoms with Crippen molar-refractivity contribution < 1.29 is 18.7 Å². The van der Waals surface area contributed by atoms with Crippen LogP contribution in [-0.4, -0.2) is 25.1 Å². The molecule has 2 rings (SSSR count). The van der Waals surface area contributed by atoms with E-state index in [0.29, 0.717) is 11.6 Å². The Morgan fingerprint density at radius 3 is 2.65 bits per heavy atom. The van der Waals surface area contributed by atoms with Crippen molar-refractivity contribution in [2.45, 2.75) is 0 Å². The number of hydrogen-bond acceptors (Lipinski definition) is 6. The van der Waals surface area contributed by atoms with Crippen LogP contribution in [0, 0.1) is 0 Å². The lowest BCUT2D eigenvalue weighted by molar-refractivity contribution is 0.0993. The number of anilines is 1. The van der Waals surface area contributed by atoms with Crippen LogP contribution >= 0.6 is 0 Å². The largest absolute Gasteiger partial charge is 0.490 e. The maximum Gasteiger partial charge on any atom is 0.291 e. The van der Waals surface area contributed by atoms with E-state index in [1.807, 2.05) is 0 Å². The number of hydrogen-bond donors (Lipinski definition) is 1. The molecule has 7 heteroatoms. The summed E-state index contributed by atoms with van der Waals surface area (Å²) in [5.74, 6) is -0.213. The van der Waals surface area contributed by atoms with Gasteiger partial charge in [-0.15, -0.1) is 0 Å². The molecule has 1 N–H and O–H groups in total. The van der Waals surface area contributed by atoms with Crippen molar-refractivity contribution in [3.63, 3.8) is 0 Å². The molecule has 7 nitrogen and oxygen atoms in total. The monoisotopic (exact) mass is 276 g/mol. The lowest BCUT2D eigenvalue weighted by Gasteiger charge is -2.05. The van der Waals surface area contributed by atoms with Gasteiger partial charge >= 0.3 is 0 Å². The number of rotatable bonds is 4. The zero-order valence-electron chi connectivity index (χ0n) is 10.9. The molecule has 2 heterocycles. The Balaban J connectivity index is 2.15. The van der Waals surface area contributed by atoms with Gasteiger partial charge in [-0.1, -0.05) is 0 Å². The van der Waals surface area contributed by atoms with Gasteiger partial charge in [0.2, 0.25) is 17.1 Å². The van der Waals surface area contributed by atoms with Crippen molar-refractivity contribution in [2.75, 3.05) is 19.5 Å². The second kappa shape index (κ2) is 5.87. The van der Waals surface area contributed by atoms with E-state index >= 15 is 0 Å². The highest BCUT2D eigenvalue weighted by Gasteiger charge is 2.12. The Labute approximate surface area is 114 Å². The number of nitrogens with zero attached hydrogens (tertiary/aromatic N) is 1. The highest BCUT2D eigenvalue weighted by atomic mass is 16.5. The number of pyridine rings is 1. The van der Waals surface area contributed by atoms with Gasteiger partial charge in [0.25, 0.3) is 5.91 Å². The van der Waals surface area contributed by atoms with Crippen molar-refractivity contribution in [1.29, 1.82) is 0 Å². The van der Waals surface area contributed by atoms with Crippen LogP contribution in [0.4, 0.5) is 5.69 Å². The first-order valence-corrected chi connectivity index (χ1v) is 5.62. The van der Waals surface area contributed by atoms with Gasteiger partial charge in [0.05, 0.1) is 26.1 Å². The molecular formula is C13H12N2O5. The van der Waals surface area contributed by atoms with E-state index in [2.05, 4.69) is 10.3 Å². The number of methoxy groups -OCH3 is 2. The molecule has 0 saturated heterocycles. The van der Waals surface area contributed by atoms with Gasteiger partial charge in [-0.25, -0.2) is 4.98 Å². The average molecular weight is 276 g/mol. The van der Waals surface area contributed by atoms with Crippen molar-refractivity contribution in [3.05, 3.63) is 46.6 Å². The molecule has 104 valence electrons. The van der Waals surface area contributed by atoms with Crippen LogP contribution in [0.15, 0.2) is 39.9 Å². The molecule has 1 amide bonds. The summed E-state index contributed by atoms with van der Waals surface area (Å²) in [6.45, 7) is 0. The molecule has 0 radical (unpaired) electrons. The van der Waals surface area contributed by atoms with Gasteiger partial charge in [-0.05, 0) is 6.07 Å². The third-order valence-electron chi connectivity index (χ3n) is 2.45. The van der Waals surface area contributed by atoms with E-state index in [-0.39, 0.29) is 11.5 Å². The maximum absolute atomic E-state index is 11.9. The Morgan fingerprint density at radius 2 is 2.10 bits per heavy atom. The zero-order valence-corrected chi connectivity index (χ0v) is 10.9. The van der Waals surface area contributed by atoms with Crippen LogP contribution in [-0.2, 0) is 0 Å². The number of ether oxygens (including phenoxy) is 2. The number of nitrogens with one attached hydrogen (secondary N) is 1. The van der Waals surface area contributed by atoms with Crippen molar-refractivity contribution in [1.82, 2.24) is 4.98 Å². The first kappa shape index (κ1) is 13.6. The number of carbonyl (C=O) groups is 1. The summed E-state index contributed by atoms with van der Waals surface area (Å²) in [6.07, 6.45) is 2.52. The normalized spacial score (nSPS) is 9.90. The van der Waals surface area contributed by atoms with Crippen LogP contribution in [0.1, 0.15) is 10.6 Å². The molecule has 0 aromatic carbocycles. The standard InChI is InChI=1S/C13H12N2O5/c1-18-11-7-20-10(5-9(11)16)13(17)15-8-3-4-12(19-2)14-6-8/h3-7H,1-2H3,(H,15,17). The second-order valence-electron chi connectivity index (χ2n) is 3.72. The molecule has 2 aromatic rings. The minimum atomic E-state index is -0.559. The molecular weight excluding hydrogens is 264 g/mol. The van der Waals surface area contributed by atoms with Crippen LogP contribution in [0.5, 0.6) is 11.6 Å². The molecule has 0 unspecified atom stereocenters. The van der Waals surface area contributed by atoms with Crippen LogP contribution in [0.2, 0.25) is 0 Å². The Bertz CT molecular complexity index is 663. The Kier molecular flexibility index (Phi) is 3.99. The number of carbonyl (C=O) groups excluding carboxylic acids is 1. The van der Waals surface area contributed by atoms with E-state index < -0.39 is 11.3 Å².